The van der Waals surface area contributed by atoms with Gasteiger partial charge in [-0.3, -0.25) is 0 Å². The maximum atomic E-state index is 9.07. The fraction of sp³-hybridized carbons (Fsp3) is 0.429. The zero-order valence-electron chi connectivity index (χ0n) is 14.3. The van der Waals surface area contributed by atoms with E-state index in [1.165, 1.54) is 29.9 Å². The van der Waals surface area contributed by atoms with Crippen LogP contribution < -0.4 is 10.6 Å². The average Bonchev–Trinajstić information content (AvgIpc) is 3.11. The zero-order valence-corrected chi connectivity index (χ0v) is 15.2. The van der Waals surface area contributed by atoms with Crippen LogP contribution in [-0.4, -0.2) is 30.1 Å². The fourth-order valence-corrected chi connectivity index (χ4v) is 7.17. The number of aliphatic hydroxyl groups is 1. The highest BCUT2D eigenvalue weighted by atomic mass is 31.1. The van der Waals surface area contributed by atoms with Crippen molar-refractivity contribution in [1.29, 1.82) is 0 Å². The molecule has 0 aliphatic heterocycles. The molecule has 0 amide bonds. The van der Waals surface area contributed by atoms with E-state index in [1.54, 1.807) is 0 Å². The first-order valence-corrected chi connectivity index (χ1v) is 10.3. The number of hydrogen-bond acceptors (Lipinski definition) is 2. The molecular formula is C21H27O2P. The Labute approximate surface area is 146 Å². The minimum Gasteiger partial charge on any atom is -0.394 e. The van der Waals surface area contributed by atoms with E-state index < -0.39 is 0 Å². The van der Waals surface area contributed by atoms with Crippen molar-refractivity contribution < 1.29 is 9.84 Å². The molecule has 0 aromatic heterocycles. The average molecular weight is 342 g/mol. The first kappa shape index (κ1) is 17.6. The van der Waals surface area contributed by atoms with Crippen LogP contribution in [0.4, 0.5) is 0 Å². The largest absolute Gasteiger partial charge is 0.394 e. The number of hydrogen-bond donors (Lipinski definition) is 1. The second-order valence-electron chi connectivity index (χ2n) is 6.50. The van der Waals surface area contributed by atoms with Gasteiger partial charge in [-0.2, -0.15) is 0 Å². The standard InChI is InChI=1S/C21H27O2P/c1-17(23-16-15-22)20-13-8-14-21(20)24(18-9-4-2-5-10-18)19-11-6-3-7-12-19/h2-7,9-12,17,20-22H,8,13-16H2,1H3/t17?,20?,21-/m0/s1. The van der Waals surface area contributed by atoms with E-state index in [4.69, 9.17) is 9.84 Å². The van der Waals surface area contributed by atoms with Crippen LogP contribution in [0, 0.1) is 5.92 Å². The lowest BCUT2D eigenvalue weighted by Crippen LogP contribution is -2.32. The van der Waals surface area contributed by atoms with Crippen LogP contribution in [0.5, 0.6) is 0 Å². The molecule has 1 aliphatic carbocycles. The van der Waals surface area contributed by atoms with E-state index in [0.717, 1.165) is 0 Å². The summed E-state index contributed by atoms with van der Waals surface area (Å²) in [5, 5.41) is 12.0. The van der Waals surface area contributed by atoms with Gasteiger partial charge in [-0.25, -0.2) is 0 Å². The molecule has 3 atom stereocenters. The first-order chi connectivity index (χ1) is 11.8. The molecular weight excluding hydrogens is 315 g/mol. The Hall–Kier alpha value is -1.21. The molecule has 1 fully saturated rings. The molecule has 2 aromatic carbocycles. The normalized spacial score (nSPS) is 22.0. The van der Waals surface area contributed by atoms with E-state index in [0.29, 0.717) is 18.2 Å². The van der Waals surface area contributed by atoms with Crippen molar-refractivity contribution in [3.8, 4) is 0 Å². The van der Waals surface area contributed by atoms with Crippen LogP contribution in [0.2, 0.25) is 0 Å². The van der Waals surface area contributed by atoms with E-state index >= 15 is 0 Å². The molecule has 1 saturated carbocycles. The molecule has 2 unspecified atom stereocenters. The van der Waals surface area contributed by atoms with Gasteiger partial charge in [0.2, 0.25) is 0 Å². The molecule has 2 aromatic rings. The van der Waals surface area contributed by atoms with Crippen molar-refractivity contribution in [3.05, 3.63) is 60.7 Å². The molecule has 1 N–H and O–H groups in total. The molecule has 128 valence electrons. The van der Waals surface area contributed by atoms with Crippen molar-refractivity contribution in [2.45, 2.75) is 37.9 Å². The third-order valence-corrected chi connectivity index (χ3v) is 8.02. The van der Waals surface area contributed by atoms with Gasteiger partial charge in [-0.05, 0) is 49.9 Å². The predicted octanol–water partition coefficient (Wildman–Crippen LogP) is 3.69. The van der Waals surface area contributed by atoms with Gasteiger partial charge in [0.05, 0.1) is 19.3 Å². The summed E-state index contributed by atoms with van der Waals surface area (Å²) in [5.41, 5.74) is 0.651. The summed E-state index contributed by atoms with van der Waals surface area (Å²) in [6.07, 6.45) is 3.99. The molecule has 0 spiro atoms. The van der Waals surface area contributed by atoms with E-state index in [-0.39, 0.29) is 20.6 Å². The van der Waals surface area contributed by atoms with Crippen LogP contribution in [0.15, 0.2) is 60.7 Å². The topological polar surface area (TPSA) is 29.5 Å². The van der Waals surface area contributed by atoms with Gasteiger partial charge < -0.3 is 9.84 Å². The molecule has 0 radical (unpaired) electrons. The quantitative estimate of drug-likeness (QED) is 0.778. The molecule has 0 heterocycles. The molecule has 3 heteroatoms. The maximum absolute atomic E-state index is 9.07. The fourth-order valence-electron chi connectivity index (χ4n) is 3.91. The Bertz CT molecular complexity index is 562. The minimum atomic E-state index is -0.381. The molecule has 0 bridgehead atoms. The van der Waals surface area contributed by atoms with Crippen LogP contribution >= 0.6 is 7.92 Å². The van der Waals surface area contributed by atoms with Gasteiger partial charge in [-0.15, -0.1) is 0 Å². The van der Waals surface area contributed by atoms with Crippen molar-refractivity contribution in [1.82, 2.24) is 0 Å². The Morgan fingerprint density at radius 2 is 1.58 bits per heavy atom. The summed E-state index contributed by atoms with van der Waals surface area (Å²) in [4.78, 5) is 0. The third kappa shape index (κ3) is 4.06. The minimum absolute atomic E-state index is 0.105. The number of ether oxygens (including phenoxy) is 1. The lowest BCUT2D eigenvalue weighted by Gasteiger charge is -2.33. The van der Waals surface area contributed by atoms with Gasteiger partial charge in [0.1, 0.15) is 0 Å². The molecule has 1 aliphatic rings. The van der Waals surface area contributed by atoms with Gasteiger partial charge in [0, 0.05) is 0 Å². The van der Waals surface area contributed by atoms with Crippen LogP contribution in [0.1, 0.15) is 26.2 Å². The van der Waals surface area contributed by atoms with Crippen LogP contribution in [-0.2, 0) is 4.74 Å². The SMILES string of the molecule is CC(OCCO)C1CCC[C@@H]1P(c1ccccc1)c1ccccc1. The highest BCUT2D eigenvalue weighted by Crippen LogP contribution is 2.51. The summed E-state index contributed by atoms with van der Waals surface area (Å²) in [6, 6.07) is 22.0. The lowest BCUT2D eigenvalue weighted by atomic mass is 10.0. The Morgan fingerprint density at radius 1 is 1.00 bits per heavy atom. The van der Waals surface area contributed by atoms with Crippen LogP contribution in [0.25, 0.3) is 0 Å². The van der Waals surface area contributed by atoms with Gasteiger partial charge in [0.15, 0.2) is 0 Å². The number of aliphatic hydroxyl groups excluding tert-OH is 1. The summed E-state index contributed by atoms with van der Waals surface area (Å²) in [6.45, 7) is 2.73. The van der Waals surface area contributed by atoms with Crippen molar-refractivity contribution in [2.24, 2.45) is 5.92 Å². The number of rotatable bonds is 7. The predicted molar refractivity (Wildman–Crippen MR) is 103 cm³/mol. The van der Waals surface area contributed by atoms with Crippen LogP contribution in [0.3, 0.4) is 0 Å². The second kappa shape index (κ2) is 8.76. The Kier molecular flexibility index (Phi) is 6.43. The van der Waals surface area contributed by atoms with Crippen molar-refractivity contribution >= 4 is 18.5 Å². The summed E-state index contributed by atoms with van der Waals surface area (Å²) < 4.78 is 5.89. The van der Waals surface area contributed by atoms with Crippen molar-refractivity contribution in [3.63, 3.8) is 0 Å². The Morgan fingerprint density at radius 3 is 2.12 bits per heavy atom. The summed E-state index contributed by atoms with van der Waals surface area (Å²) in [5.74, 6) is 0.572. The molecule has 24 heavy (non-hydrogen) atoms. The maximum Gasteiger partial charge on any atom is 0.0701 e. The van der Waals surface area contributed by atoms with E-state index in [2.05, 4.69) is 67.6 Å². The Balaban J connectivity index is 1.90. The van der Waals surface area contributed by atoms with Crippen molar-refractivity contribution in [2.75, 3.05) is 13.2 Å². The second-order valence-corrected chi connectivity index (χ2v) is 8.94. The van der Waals surface area contributed by atoms with Gasteiger partial charge in [-0.1, -0.05) is 67.1 Å². The highest BCUT2D eigenvalue weighted by Gasteiger charge is 2.38. The molecule has 0 saturated heterocycles. The lowest BCUT2D eigenvalue weighted by molar-refractivity contribution is 0.00835. The number of benzene rings is 2. The highest BCUT2D eigenvalue weighted by molar-refractivity contribution is 7.73. The van der Waals surface area contributed by atoms with Gasteiger partial charge in [0.25, 0.3) is 0 Å². The van der Waals surface area contributed by atoms with E-state index in [1.807, 2.05) is 0 Å². The van der Waals surface area contributed by atoms with E-state index in [9.17, 15) is 0 Å². The van der Waals surface area contributed by atoms with Gasteiger partial charge >= 0.3 is 0 Å². The summed E-state index contributed by atoms with van der Waals surface area (Å²) in [7, 11) is -0.381. The first-order valence-electron chi connectivity index (χ1n) is 8.93. The smallest absolute Gasteiger partial charge is 0.0701 e. The zero-order chi connectivity index (χ0) is 16.8. The monoisotopic (exact) mass is 342 g/mol. The molecule has 2 nitrogen and oxygen atoms in total. The third-order valence-electron chi connectivity index (χ3n) is 5.01. The molecule has 3 rings (SSSR count). The summed E-state index contributed by atoms with van der Waals surface area (Å²) >= 11 is 0.